The summed E-state index contributed by atoms with van der Waals surface area (Å²) >= 11 is 3.29. The number of halogens is 1. The highest BCUT2D eigenvalue weighted by Crippen LogP contribution is 2.10. The molecule has 5 heteroatoms. The minimum absolute atomic E-state index is 0.268. The van der Waals surface area contributed by atoms with Gasteiger partial charge in [-0.25, -0.2) is 4.98 Å². The molecule has 1 rings (SSSR count). The van der Waals surface area contributed by atoms with Crippen molar-refractivity contribution in [1.82, 2.24) is 4.98 Å². The Morgan fingerprint density at radius 3 is 2.93 bits per heavy atom. The zero-order chi connectivity index (χ0) is 10.4. The minimum atomic E-state index is -0.268. The van der Waals surface area contributed by atoms with E-state index in [1.54, 1.807) is 6.20 Å². The number of nitrogens with one attached hydrogen (secondary N) is 1. The number of aromatic nitrogens is 1. The average Bonchev–Trinajstić information content (AvgIpc) is 2.15. The Morgan fingerprint density at radius 1 is 1.57 bits per heavy atom. The van der Waals surface area contributed by atoms with E-state index in [0.29, 0.717) is 13.0 Å². The van der Waals surface area contributed by atoms with Crippen LogP contribution in [0.4, 0.5) is 5.82 Å². The van der Waals surface area contributed by atoms with Crippen LogP contribution in [0.2, 0.25) is 0 Å². The highest BCUT2D eigenvalue weighted by Gasteiger charge is 1.95. The summed E-state index contributed by atoms with van der Waals surface area (Å²) in [5, 5.41) is 3.09. The van der Waals surface area contributed by atoms with Crippen LogP contribution in [0.15, 0.2) is 22.8 Å². The van der Waals surface area contributed by atoms with Crippen molar-refractivity contribution >= 4 is 27.7 Å². The summed E-state index contributed by atoms with van der Waals surface area (Å²) < 4.78 is 0.945. The van der Waals surface area contributed by atoms with Gasteiger partial charge < -0.3 is 11.1 Å². The van der Waals surface area contributed by atoms with Crippen molar-refractivity contribution in [2.45, 2.75) is 12.8 Å². The van der Waals surface area contributed by atoms with Crippen molar-refractivity contribution in [2.75, 3.05) is 11.9 Å². The molecule has 0 saturated carbocycles. The van der Waals surface area contributed by atoms with Crippen molar-refractivity contribution in [1.29, 1.82) is 0 Å². The van der Waals surface area contributed by atoms with E-state index in [4.69, 9.17) is 5.73 Å². The van der Waals surface area contributed by atoms with Crippen molar-refractivity contribution in [3.63, 3.8) is 0 Å². The van der Waals surface area contributed by atoms with Crippen LogP contribution >= 0.6 is 15.9 Å². The average molecular weight is 258 g/mol. The molecule has 1 aromatic heterocycles. The molecular weight excluding hydrogens is 246 g/mol. The van der Waals surface area contributed by atoms with E-state index in [1.165, 1.54) is 0 Å². The standard InChI is InChI=1S/C9H12BrN3O/c10-7-3-4-9(13-6-7)12-5-1-2-8(11)14/h3-4,6H,1-2,5H2,(H2,11,14)(H,12,13). The Morgan fingerprint density at radius 2 is 2.36 bits per heavy atom. The Balaban J connectivity index is 2.25. The fourth-order valence-corrected chi connectivity index (χ4v) is 1.19. The number of carbonyl (C=O) groups excluding carboxylic acids is 1. The molecule has 76 valence electrons. The summed E-state index contributed by atoms with van der Waals surface area (Å²) in [6.45, 7) is 0.706. The van der Waals surface area contributed by atoms with E-state index in [0.717, 1.165) is 16.7 Å². The lowest BCUT2D eigenvalue weighted by atomic mass is 10.3. The first kappa shape index (κ1) is 11.0. The lowest BCUT2D eigenvalue weighted by Crippen LogP contribution is -2.12. The molecule has 0 aliphatic carbocycles. The number of nitrogens with zero attached hydrogens (tertiary/aromatic N) is 1. The summed E-state index contributed by atoms with van der Waals surface area (Å²) in [7, 11) is 0. The van der Waals surface area contributed by atoms with Gasteiger partial charge >= 0.3 is 0 Å². The minimum Gasteiger partial charge on any atom is -0.370 e. The van der Waals surface area contributed by atoms with Gasteiger partial charge in [0.1, 0.15) is 5.82 Å². The molecule has 0 aliphatic rings. The van der Waals surface area contributed by atoms with Crippen LogP contribution in [-0.2, 0) is 4.79 Å². The molecule has 1 heterocycles. The SMILES string of the molecule is NC(=O)CCCNc1ccc(Br)cn1. The van der Waals surface area contributed by atoms with E-state index < -0.39 is 0 Å². The summed E-state index contributed by atoms with van der Waals surface area (Å²) in [6.07, 6.45) is 2.85. The second-order valence-electron chi connectivity index (χ2n) is 2.86. The van der Waals surface area contributed by atoms with E-state index >= 15 is 0 Å². The van der Waals surface area contributed by atoms with Gasteiger partial charge in [-0.15, -0.1) is 0 Å². The topological polar surface area (TPSA) is 68.0 Å². The molecule has 0 bridgehead atoms. The second-order valence-corrected chi connectivity index (χ2v) is 3.77. The lowest BCUT2D eigenvalue weighted by Gasteiger charge is -2.03. The molecule has 4 nitrogen and oxygen atoms in total. The van der Waals surface area contributed by atoms with E-state index in [9.17, 15) is 4.79 Å². The van der Waals surface area contributed by atoms with Crippen molar-refractivity contribution in [3.05, 3.63) is 22.8 Å². The number of pyridine rings is 1. The van der Waals surface area contributed by atoms with Crippen molar-refractivity contribution in [2.24, 2.45) is 5.73 Å². The molecule has 0 radical (unpaired) electrons. The van der Waals surface area contributed by atoms with Gasteiger partial charge in [-0.1, -0.05) is 0 Å². The Hall–Kier alpha value is -1.10. The third-order valence-corrected chi connectivity index (χ3v) is 2.10. The Bertz CT molecular complexity index is 299. The molecule has 1 aromatic rings. The summed E-state index contributed by atoms with van der Waals surface area (Å²) in [5.74, 6) is 0.535. The summed E-state index contributed by atoms with van der Waals surface area (Å²) in [4.78, 5) is 14.5. The molecule has 0 saturated heterocycles. The number of hydrogen-bond acceptors (Lipinski definition) is 3. The van der Waals surface area contributed by atoms with Crippen LogP contribution in [0.3, 0.4) is 0 Å². The first-order valence-corrected chi connectivity index (χ1v) is 5.11. The van der Waals surface area contributed by atoms with Gasteiger partial charge in [0.15, 0.2) is 0 Å². The van der Waals surface area contributed by atoms with Crippen molar-refractivity contribution in [3.8, 4) is 0 Å². The first-order valence-electron chi connectivity index (χ1n) is 4.32. The van der Waals surface area contributed by atoms with Gasteiger partial charge in [-0.2, -0.15) is 0 Å². The van der Waals surface area contributed by atoms with Crippen LogP contribution < -0.4 is 11.1 Å². The van der Waals surface area contributed by atoms with E-state index in [-0.39, 0.29) is 5.91 Å². The highest BCUT2D eigenvalue weighted by atomic mass is 79.9. The summed E-state index contributed by atoms with van der Waals surface area (Å²) in [6, 6.07) is 3.78. The zero-order valence-corrected chi connectivity index (χ0v) is 9.25. The molecular formula is C9H12BrN3O. The van der Waals surface area contributed by atoms with Gasteiger partial charge in [0.2, 0.25) is 5.91 Å². The molecule has 14 heavy (non-hydrogen) atoms. The highest BCUT2D eigenvalue weighted by molar-refractivity contribution is 9.10. The van der Waals surface area contributed by atoms with Crippen LogP contribution in [0.25, 0.3) is 0 Å². The summed E-state index contributed by atoms with van der Waals surface area (Å²) in [5.41, 5.74) is 5.00. The van der Waals surface area contributed by atoms with Crippen LogP contribution in [0, 0.1) is 0 Å². The molecule has 0 spiro atoms. The third-order valence-electron chi connectivity index (χ3n) is 1.63. The molecule has 3 N–H and O–H groups in total. The number of nitrogens with two attached hydrogens (primary N) is 1. The normalized spacial score (nSPS) is 9.79. The lowest BCUT2D eigenvalue weighted by molar-refractivity contribution is -0.118. The smallest absolute Gasteiger partial charge is 0.217 e. The number of carbonyl (C=O) groups is 1. The second kappa shape index (κ2) is 5.59. The van der Waals surface area contributed by atoms with Gasteiger partial charge in [-0.05, 0) is 34.5 Å². The maximum atomic E-state index is 10.4. The maximum Gasteiger partial charge on any atom is 0.217 e. The number of amides is 1. The molecule has 0 aliphatic heterocycles. The van der Waals surface area contributed by atoms with Crippen molar-refractivity contribution < 1.29 is 4.79 Å². The Labute approximate surface area is 91.0 Å². The zero-order valence-electron chi connectivity index (χ0n) is 7.66. The number of primary amides is 1. The molecule has 0 atom stereocenters. The molecule has 0 aromatic carbocycles. The molecule has 0 fully saturated rings. The quantitative estimate of drug-likeness (QED) is 0.787. The molecule has 0 unspecified atom stereocenters. The van der Waals surface area contributed by atoms with E-state index in [1.807, 2.05) is 12.1 Å². The first-order chi connectivity index (χ1) is 6.68. The molecule has 1 amide bonds. The number of hydrogen-bond donors (Lipinski definition) is 2. The maximum absolute atomic E-state index is 10.4. The van der Waals surface area contributed by atoms with Gasteiger partial charge in [0.25, 0.3) is 0 Å². The predicted octanol–water partition coefficient (Wildman–Crippen LogP) is 1.52. The fraction of sp³-hybridized carbons (Fsp3) is 0.333. The van der Waals surface area contributed by atoms with Gasteiger partial charge in [-0.3, -0.25) is 4.79 Å². The predicted molar refractivity (Wildman–Crippen MR) is 58.9 cm³/mol. The van der Waals surface area contributed by atoms with Crippen LogP contribution in [0.1, 0.15) is 12.8 Å². The third kappa shape index (κ3) is 4.23. The fourth-order valence-electron chi connectivity index (χ4n) is 0.959. The van der Waals surface area contributed by atoms with Gasteiger partial charge in [0, 0.05) is 23.6 Å². The van der Waals surface area contributed by atoms with E-state index in [2.05, 4.69) is 26.2 Å². The number of rotatable bonds is 5. The Kier molecular flexibility index (Phi) is 4.39. The van der Waals surface area contributed by atoms with Gasteiger partial charge in [0.05, 0.1) is 0 Å². The van der Waals surface area contributed by atoms with Crippen LogP contribution in [-0.4, -0.2) is 17.4 Å². The largest absolute Gasteiger partial charge is 0.370 e. The number of anilines is 1. The van der Waals surface area contributed by atoms with Crippen LogP contribution in [0.5, 0.6) is 0 Å². The monoisotopic (exact) mass is 257 g/mol.